The van der Waals surface area contributed by atoms with Crippen molar-refractivity contribution in [1.82, 2.24) is 0 Å². The average Bonchev–Trinajstić information content (AvgIpc) is 2.52. The van der Waals surface area contributed by atoms with Gasteiger partial charge in [0.1, 0.15) is 0 Å². The van der Waals surface area contributed by atoms with Crippen LogP contribution in [0.4, 0.5) is 0 Å². The molecule has 0 aromatic heterocycles. The second kappa shape index (κ2) is 20.5. The van der Waals surface area contributed by atoms with Crippen molar-refractivity contribution >= 4 is 0 Å². The van der Waals surface area contributed by atoms with Gasteiger partial charge in [0.25, 0.3) is 0 Å². The van der Waals surface area contributed by atoms with Gasteiger partial charge in [-0.15, -0.1) is 0 Å². The van der Waals surface area contributed by atoms with Crippen LogP contribution in [0.2, 0.25) is 0 Å². The Morgan fingerprint density at radius 1 is 0.640 bits per heavy atom. The van der Waals surface area contributed by atoms with Crippen molar-refractivity contribution in [2.75, 3.05) is 34.5 Å². The highest BCUT2D eigenvalue weighted by Crippen LogP contribution is 2.10. The fourth-order valence-corrected chi connectivity index (χ4v) is 2.79. The molecule has 0 bridgehead atoms. The number of quaternary nitrogens is 1. The van der Waals surface area contributed by atoms with E-state index in [-0.39, 0.29) is 17.0 Å². The number of halogens is 1. The molecule has 2 nitrogen and oxygen atoms in total. The minimum absolute atomic E-state index is 0. The maximum Gasteiger partial charge on any atom is 0.182 e. The van der Waals surface area contributed by atoms with Crippen molar-refractivity contribution < 1.29 is 26.2 Å². The van der Waals surface area contributed by atoms with E-state index in [1.807, 2.05) is 0 Å². The first-order chi connectivity index (χ1) is 11.6. The van der Waals surface area contributed by atoms with Gasteiger partial charge in [-0.2, -0.15) is 0 Å². The maximum atomic E-state index is 5.68. The molecule has 0 aliphatic carbocycles. The number of hydrogen-bond donors (Lipinski definition) is 0. The van der Waals surface area contributed by atoms with E-state index < -0.39 is 0 Å². The van der Waals surface area contributed by atoms with Gasteiger partial charge in [-0.05, 0) is 32.1 Å². The molecule has 152 valence electrons. The van der Waals surface area contributed by atoms with E-state index in [1.54, 1.807) is 0 Å². The molecular formula is C22H46BrNO. The zero-order valence-corrected chi connectivity index (χ0v) is 19.3. The number of nitrogens with zero attached hydrogens (tertiary/aromatic N) is 1. The van der Waals surface area contributed by atoms with Crippen LogP contribution in [0.3, 0.4) is 0 Å². The van der Waals surface area contributed by atoms with Crippen LogP contribution in [0.5, 0.6) is 0 Å². The van der Waals surface area contributed by atoms with Gasteiger partial charge < -0.3 is 26.2 Å². The molecule has 0 saturated heterocycles. The molecule has 0 spiro atoms. The van der Waals surface area contributed by atoms with E-state index in [2.05, 4.69) is 40.2 Å². The third kappa shape index (κ3) is 26.5. The highest BCUT2D eigenvalue weighted by molar-refractivity contribution is 4.81. The van der Waals surface area contributed by atoms with Crippen molar-refractivity contribution in [3.8, 4) is 0 Å². The summed E-state index contributed by atoms with van der Waals surface area (Å²) >= 11 is 0. The van der Waals surface area contributed by atoms with E-state index in [4.69, 9.17) is 4.74 Å². The SMILES string of the molecule is CCCCCCCCC=CCCCCCCCCOC[N+](C)(C)C.[Br-]. The predicted octanol–water partition coefficient (Wildman–Crippen LogP) is 3.71. The van der Waals surface area contributed by atoms with Crippen LogP contribution in [0, 0.1) is 0 Å². The largest absolute Gasteiger partial charge is 1.00 e. The van der Waals surface area contributed by atoms with Gasteiger partial charge in [0.15, 0.2) is 6.73 Å². The average molecular weight is 421 g/mol. The van der Waals surface area contributed by atoms with Crippen molar-refractivity contribution in [3.63, 3.8) is 0 Å². The summed E-state index contributed by atoms with van der Waals surface area (Å²) in [5.41, 5.74) is 0. The van der Waals surface area contributed by atoms with Crippen LogP contribution in [-0.4, -0.2) is 39.0 Å². The van der Waals surface area contributed by atoms with E-state index in [0.717, 1.165) is 17.8 Å². The monoisotopic (exact) mass is 419 g/mol. The van der Waals surface area contributed by atoms with Gasteiger partial charge in [0, 0.05) is 0 Å². The summed E-state index contributed by atoms with van der Waals surface area (Å²) in [7, 11) is 6.51. The number of unbranched alkanes of at least 4 members (excludes halogenated alkanes) is 12. The van der Waals surface area contributed by atoms with Crippen LogP contribution >= 0.6 is 0 Å². The molecule has 3 heteroatoms. The molecule has 0 unspecified atom stereocenters. The number of rotatable bonds is 18. The molecule has 0 rings (SSSR count). The lowest BCUT2D eigenvalue weighted by atomic mass is 10.1. The summed E-state index contributed by atoms with van der Waals surface area (Å²) in [6.45, 7) is 4.03. The van der Waals surface area contributed by atoms with Crippen LogP contribution in [-0.2, 0) is 4.74 Å². The van der Waals surface area contributed by atoms with Crippen LogP contribution in [0.1, 0.15) is 96.8 Å². The summed E-state index contributed by atoms with van der Waals surface area (Å²) in [4.78, 5) is 0. The topological polar surface area (TPSA) is 9.23 Å². The Morgan fingerprint density at radius 3 is 1.56 bits per heavy atom. The molecule has 0 aliphatic rings. The van der Waals surface area contributed by atoms with Gasteiger partial charge in [0.2, 0.25) is 0 Å². The highest BCUT2D eigenvalue weighted by atomic mass is 79.9. The van der Waals surface area contributed by atoms with E-state index >= 15 is 0 Å². The minimum atomic E-state index is 0. The summed E-state index contributed by atoms with van der Waals surface area (Å²) in [5.74, 6) is 0. The Hall–Kier alpha value is 0.140. The zero-order chi connectivity index (χ0) is 17.9. The molecule has 0 radical (unpaired) electrons. The quantitative estimate of drug-likeness (QED) is 0.142. The molecule has 0 aromatic rings. The second-order valence-corrected chi connectivity index (χ2v) is 8.27. The molecule has 0 N–H and O–H groups in total. The molecule has 0 heterocycles. The second-order valence-electron chi connectivity index (χ2n) is 8.27. The molecule has 0 amide bonds. The van der Waals surface area contributed by atoms with E-state index in [0.29, 0.717) is 0 Å². The molecule has 0 fully saturated rings. The Bertz CT molecular complexity index is 274. The van der Waals surface area contributed by atoms with Gasteiger partial charge in [-0.25, -0.2) is 0 Å². The molecule has 0 aromatic carbocycles. The summed E-state index contributed by atoms with van der Waals surface area (Å²) in [6, 6.07) is 0. The van der Waals surface area contributed by atoms with Gasteiger partial charge in [0.05, 0.1) is 27.7 Å². The maximum absolute atomic E-state index is 5.68. The van der Waals surface area contributed by atoms with Gasteiger partial charge in [-0.1, -0.05) is 76.9 Å². The number of ether oxygens (including phenoxy) is 1. The fourth-order valence-electron chi connectivity index (χ4n) is 2.79. The molecule has 0 aliphatic heterocycles. The number of allylic oxidation sites excluding steroid dienone is 2. The summed E-state index contributed by atoms with van der Waals surface area (Å²) < 4.78 is 6.58. The minimum Gasteiger partial charge on any atom is -1.00 e. The zero-order valence-electron chi connectivity index (χ0n) is 17.7. The van der Waals surface area contributed by atoms with E-state index in [9.17, 15) is 0 Å². The fraction of sp³-hybridized carbons (Fsp3) is 0.909. The Morgan fingerprint density at radius 2 is 1.08 bits per heavy atom. The van der Waals surface area contributed by atoms with Crippen LogP contribution in [0.25, 0.3) is 0 Å². The van der Waals surface area contributed by atoms with Crippen molar-refractivity contribution in [2.45, 2.75) is 96.8 Å². The first-order valence-electron chi connectivity index (χ1n) is 10.6. The molecular weight excluding hydrogens is 374 g/mol. The summed E-state index contributed by atoms with van der Waals surface area (Å²) in [6.07, 6.45) is 23.9. The normalized spacial score (nSPS) is 11.8. The van der Waals surface area contributed by atoms with Gasteiger partial charge >= 0.3 is 0 Å². The van der Waals surface area contributed by atoms with Crippen molar-refractivity contribution in [1.29, 1.82) is 0 Å². The van der Waals surface area contributed by atoms with Crippen LogP contribution < -0.4 is 17.0 Å². The van der Waals surface area contributed by atoms with E-state index in [1.165, 1.54) is 89.9 Å². The standard InChI is InChI=1S/C22H46NO.BrH/c1-5-6-7-8-9-10-11-12-13-14-15-16-17-18-19-20-21-24-22-23(2,3)4;/h12-13H,5-11,14-22H2,1-4H3;1H/q+1;/p-1. The Balaban J connectivity index is 0. The molecule has 0 atom stereocenters. The lowest BCUT2D eigenvalue weighted by Crippen LogP contribution is -3.00. The van der Waals surface area contributed by atoms with Gasteiger partial charge in [-0.3, -0.25) is 0 Å². The molecule has 0 saturated carbocycles. The third-order valence-corrected chi connectivity index (χ3v) is 4.28. The lowest BCUT2D eigenvalue weighted by Gasteiger charge is -2.23. The molecule has 25 heavy (non-hydrogen) atoms. The smallest absolute Gasteiger partial charge is 0.182 e. The number of hydrogen-bond acceptors (Lipinski definition) is 1. The van der Waals surface area contributed by atoms with Crippen molar-refractivity contribution in [3.05, 3.63) is 12.2 Å². The lowest BCUT2D eigenvalue weighted by molar-refractivity contribution is -0.890. The third-order valence-electron chi connectivity index (χ3n) is 4.28. The summed E-state index contributed by atoms with van der Waals surface area (Å²) in [5, 5.41) is 0. The first-order valence-corrected chi connectivity index (χ1v) is 10.6. The first kappa shape index (κ1) is 27.4. The van der Waals surface area contributed by atoms with Crippen molar-refractivity contribution in [2.24, 2.45) is 0 Å². The Labute approximate surface area is 169 Å². The Kier molecular flexibility index (Phi) is 22.4. The van der Waals surface area contributed by atoms with Crippen LogP contribution in [0.15, 0.2) is 12.2 Å². The highest BCUT2D eigenvalue weighted by Gasteiger charge is 2.05. The predicted molar refractivity (Wildman–Crippen MR) is 108 cm³/mol.